The Morgan fingerprint density at radius 1 is 1.25 bits per heavy atom. The number of amides is 1. The van der Waals surface area contributed by atoms with Crippen LogP contribution < -0.4 is 5.32 Å². The number of morpholine rings is 1. The van der Waals surface area contributed by atoms with E-state index in [0.29, 0.717) is 25.6 Å². The number of hydrogen-bond acceptors (Lipinski definition) is 3. The number of hydrogen-bond donors (Lipinski definition) is 1. The molecule has 0 aliphatic carbocycles. The van der Waals surface area contributed by atoms with Crippen LogP contribution in [0.2, 0.25) is 0 Å². The van der Waals surface area contributed by atoms with E-state index < -0.39 is 0 Å². The Hall–Kier alpha value is -1.39. The first-order valence-corrected chi connectivity index (χ1v) is 7.48. The quantitative estimate of drug-likeness (QED) is 0.899. The fourth-order valence-electron chi connectivity index (χ4n) is 2.95. The first-order valence-electron chi connectivity index (χ1n) is 7.48. The van der Waals surface area contributed by atoms with Crippen molar-refractivity contribution in [1.82, 2.24) is 10.2 Å². The summed E-state index contributed by atoms with van der Waals surface area (Å²) in [6, 6.07) is 8.57. The van der Waals surface area contributed by atoms with Crippen LogP contribution in [0, 0.1) is 0 Å². The Bertz CT molecular complexity index is 446. The molecular formula is C16H22N2O2. The van der Waals surface area contributed by atoms with E-state index >= 15 is 0 Å². The van der Waals surface area contributed by atoms with Crippen LogP contribution in [0.15, 0.2) is 24.3 Å². The molecule has 1 N–H and O–H groups in total. The summed E-state index contributed by atoms with van der Waals surface area (Å²) in [5.74, 6) is 0.850. The number of carbonyl (C=O) groups excluding carboxylic acids is 1. The Kier molecular flexibility index (Phi) is 4.33. The third-order valence-electron chi connectivity index (χ3n) is 4.23. The molecule has 0 bridgehead atoms. The zero-order valence-electron chi connectivity index (χ0n) is 11.8. The van der Waals surface area contributed by atoms with Crippen molar-refractivity contribution in [3.63, 3.8) is 0 Å². The monoisotopic (exact) mass is 274 g/mol. The molecule has 1 aromatic carbocycles. The molecule has 4 heteroatoms. The molecule has 0 saturated carbocycles. The van der Waals surface area contributed by atoms with Gasteiger partial charge in [0.1, 0.15) is 0 Å². The summed E-state index contributed by atoms with van der Waals surface area (Å²) in [6.45, 7) is 4.97. The van der Waals surface area contributed by atoms with Gasteiger partial charge in [0, 0.05) is 19.6 Å². The van der Waals surface area contributed by atoms with Crippen LogP contribution in [-0.2, 0) is 16.0 Å². The zero-order chi connectivity index (χ0) is 13.8. The lowest BCUT2D eigenvalue weighted by molar-refractivity contribution is -0.134. The number of ether oxygens (including phenoxy) is 1. The van der Waals surface area contributed by atoms with Gasteiger partial charge >= 0.3 is 0 Å². The fourth-order valence-corrected chi connectivity index (χ4v) is 2.95. The molecule has 2 saturated heterocycles. The van der Waals surface area contributed by atoms with Crippen molar-refractivity contribution in [2.75, 3.05) is 39.4 Å². The van der Waals surface area contributed by atoms with Crippen LogP contribution in [0.1, 0.15) is 23.5 Å². The summed E-state index contributed by atoms with van der Waals surface area (Å²) in [4.78, 5) is 14.1. The van der Waals surface area contributed by atoms with Gasteiger partial charge in [-0.15, -0.1) is 0 Å². The Labute approximate surface area is 120 Å². The molecule has 0 radical (unpaired) electrons. The molecule has 1 aromatic rings. The first kappa shape index (κ1) is 13.6. The summed E-state index contributed by atoms with van der Waals surface area (Å²) in [5.41, 5.74) is 2.49. The lowest BCUT2D eigenvalue weighted by atomic mass is 9.97. The molecule has 1 unspecified atom stereocenters. The summed E-state index contributed by atoms with van der Waals surface area (Å²) in [7, 11) is 0. The van der Waals surface area contributed by atoms with E-state index in [0.717, 1.165) is 31.7 Å². The fraction of sp³-hybridized carbons (Fsp3) is 0.562. The van der Waals surface area contributed by atoms with Crippen LogP contribution in [0.25, 0.3) is 0 Å². The van der Waals surface area contributed by atoms with Gasteiger partial charge in [0.05, 0.1) is 19.6 Å². The highest BCUT2D eigenvalue weighted by atomic mass is 16.5. The second-order valence-electron chi connectivity index (χ2n) is 5.60. The predicted molar refractivity (Wildman–Crippen MR) is 77.8 cm³/mol. The molecule has 0 spiro atoms. The Morgan fingerprint density at radius 2 is 2.00 bits per heavy atom. The molecule has 0 aromatic heterocycles. The first-order chi connectivity index (χ1) is 9.83. The van der Waals surface area contributed by atoms with Crippen molar-refractivity contribution in [1.29, 1.82) is 0 Å². The minimum atomic E-state index is 0.212. The van der Waals surface area contributed by atoms with E-state index in [1.165, 1.54) is 12.0 Å². The molecular weight excluding hydrogens is 252 g/mol. The second-order valence-corrected chi connectivity index (χ2v) is 5.60. The summed E-state index contributed by atoms with van der Waals surface area (Å²) in [5, 5.41) is 3.39. The largest absolute Gasteiger partial charge is 0.378 e. The van der Waals surface area contributed by atoms with E-state index in [1.54, 1.807) is 0 Å². The smallest absolute Gasteiger partial charge is 0.227 e. The molecule has 3 rings (SSSR count). The van der Waals surface area contributed by atoms with Crippen molar-refractivity contribution in [2.45, 2.75) is 18.8 Å². The summed E-state index contributed by atoms with van der Waals surface area (Å²) >= 11 is 0. The molecule has 4 nitrogen and oxygen atoms in total. The maximum atomic E-state index is 12.2. The Balaban J connectivity index is 1.58. The molecule has 1 amide bonds. The van der Waals surface area contributed by atoms with Crippen LogP contribution in [-0.4, -0.2) is 50.2 Å². The maximum Gasteiger partial charge on any atom is 0.227 e. The van der Waals surface area contributed by atoms with Crippen molar-refractivity contribution in [3.05, 3.63) is 35.4 Å². The number of nitrogens with one attached hydrogen (secondary N) is 1. The predicted octanol–water partition coefficient (Wildman–Crippen LogP) is 1.16. The lowest BCUT2D eigenvalue weighted by Crippen LogP contribution is -2.41. The number of rotatable bonds is 3. The molecule has 2 heterocycles. The molecule has 108 valence electrons. The summed E-state index contributed by atoms with van der Waals surface area (Å²) in [6.07, 6.45) is 1.72. The minimum absolute atomic E-state index is 0.212. The van der Waals surface area contributed by atoms with Crippen LogP contribution >= 0.6 is 0 Å². The Morgan fingerprint density at radius 3 is 2.65 bits per heavy atom. The van der Waals surface area contributed by atoms with E-state index in [4.69, 9.17) is 4.74 Å². The van der Waals surface area contributed by atoms with Gasteiger partial charge in [0.25, 0.3) is 0 Å². The normalized spacial score (nSPS) is 23.0. The van der Waals surface area contributed by atoms with Crippen LogP contribution in [0.3, 0.4) is 0 Å². The van der Waals surface area contributed by atoms with Gasteiger partial charge in [-0.1, -0.05) is 24.3 Å². The molecule has 2 aliphatic heterocycles. The third kappa shape index (κ3) is 3.19. The van der Waals surface area contributed by atoms with E-state index in [9.17, 15) is 4.79 Å². The maximum absolute atomic E-state index is 12.2. The van der Waals surface area contributed by atoms with Gasteiger partial charge in [0.15, 0.2) is 0 Å². The highest BCUT2D eigenvalue weighted by molar-refractivity contribution is 5.78. The van der Waals surface area contributed by atoms with E-state index in [2.05, 4.69) is 29.6 Å². The van der Waals surface area contributed by atoms with Gasteiger partial charge in [-0.2, -0.15) is 0 Å². The van der Waals surface area contributed by atoms with Crippen molar-refractivity contribution >= 4 is 5.91 Å². The second kappa shape index (κ2) is 6.37. The van der Waals surface area contributed by atoms with Gasteiger partial charge in [-0.05, 0) is 30.0 Å². The van der Waals surface area contributed by atoms with Crippen LogP contribution in [0.4, 0.5) is 0 Å². The third-order valence-corrected chi connectivity index (χ3v) is 4.23. The summed E-state index contributed by atoms with van der Waals surface area (Å²) < 4.78 is 5.27. The molecule has 2 fully saturated rings. The van der Waals surface area contributed by atoms with Gasteiger partial charge in [-0.3, -0.25) is 4.79 Å². The van der Waals surface area contributed by atoms with Crippen molar-refractivity contribution in [2.24, 2.45) is 0 Å². The van der Waals surface area contributed by atoms with Crippen molar-refractivity contribution < 1.29 is 9.53 Å². The van der Waals surface area contributed by atoms with E-state index in [-0.39, 0.29) is 5.91 Å². The lowest BCUT2D eigenvalue weighted by Gasteiger charge is -2.26. The standard InChI is InChI=1S/C16H22N2O2/c19-16(18-7-9-20-10-8-18)11-13-1-3-14(4-2-13)15-5-6-17-12-15/h1-4,15,17H,5-12H2. The average Bonchev–Trinajstić information content (AvgIpc) is 3.03. The van der Waals surface area contributed by atoms with Gasteiger partial charge < -0.3 is 15.0 Å². The highest BCUT2D eigenvalue weighted by Gasteiger charge is 2.18. The topological polar surface area (TPSA) is 41.6 Å². The molecule has 2 aliphatic rings. The highest BCUT2D eigenvalue weighted by Crippen LogP contribution is 2.22. The van der Waals surface area contributed by atoms with E-state index in [1.807, 2.05) is 4.90 Å². The average molecular weight is 274 g/mol. The van der Waals surface area contributed by atoms with Crippen molar-refractivity contribution in [3.8, 4) is 0 Å². The number of nitrogens with zero attached hydrogens (tertiary/aromatic N) is 1. The number of carbonyl (C=O) groups is 1. The van der Waals surface area contributed by atoms with Gasteiger partial charge in [0.2, 0.25) is 5.91 Å². The minimum Gasteiger partial charge on any atom is -0.378 e. The molecule has 20 heavy (non-hydrogen) atoms. The zero-order valence-corrected chi connectivity index (χ0v) is 11.8. The molecule has 1 atom stereocenters. The van der Waals surface area contributed by atoms with Gasteiger partial charge in [-0.25, -0.2) is 0 Å². The number of benzene rings is 1. The van der Waals surface area contributed by atoms with Crippen LogP contribution in [0.5, 0.6) is 0 Å². The SMILES string of the molecule is O=C(Cc1ccc(C2CCNC2)cc1)N1CCOCC1.